The molecule has 0 saturated heterocycles. The molecule has 0 saturated carbocycles. The maximum Gasteiger partial charge on any atom is 0.303 e. The third-order valence-electron chi connectivity index (χ3n) is 6.29. The van der Waals surface area contributed by atoms with Crippen molar-refractivity contribution in [2.75, 3.05) is 12.0 Å². The number of carbonyl (C=O) groups excluding carboxylic acids is 5. The molecule has 5 atom stereocenters. The fourth-order valence-electron chi connectivity index (χ4n) is 3.75. The van der Waals surface area contributed by atoms with Crippen molar-refractivity contribution in [3.8, 4) is 0 Å². The zero-order valence-electron chi connectivity index (χ0n) is 24.8. The van der Waals surface area contributed by atoms with Gasteiger partial charge in [0.05, 0.1) is 24.2 Å². The highest BCUT2D eigenvalue weighted by Gasteiger charge is 2.32. The average molecular weight is 679 g/mol. The lowest BCUT2D eigenvalue weighted by Crippen LogP contribution is -2.58. The Kier molecular flexibility index (Phi) is 20.3. The van der Waals surface area contributed by atoms with Crippen molar-refractivity contribution in [2.24, 2.45) is 11.5 Å². The van der Waals surface area contributed by atoms with Gasteiger partial charge in [0.15, 0.2) is 0 Å². The second-order valence-corrected chi connectivity index (χ2v) is 11.4. The molecular weight excluding hydrogens is 636 g/mol. The van der Waals surface area contributed by atoms with Gasteiger partial charge in [-0.15, -0.1) is 12.6 Å². The Morgan fingerprint density at radius 1 is 0.711 bits per heavy atom. The Balaban J connectivity index is 5.93. The number of carboxylic acids is 3. The molecule has 0 spiro atoms. The molecule has 0 bridgehead atoms. The number of aliphatic carboxylic acids is 3. The van der Waals surface area contributed by atoms with Crippen molar-refractivity contribution >= 4 is 70.8 Å². The van der Waals surface area contributed by atoms with Gasteiger partial charge in [0, 0.05) is 31.4 Å². The van der Waals surface area contributed by atoms with Crippen molar-refractivity contribution in [1.82, 2.24) is 21.5 Å². The minimum atomic E-state index is -1.51. The van der Waals surface area contributed by atoms with E-state index >= 15 is 0 Å². The summed E-state index contributed by atoms with van der Waals surface area (Å²) in [5, 5.41) is 32.1. The van der Waals surface area contributed by atoms with Gasteiger partial charge in [-0.3, -0.25) is 38.4 Å². The summed E-state index contributed by atoms with van der Waals surface area (Å²) < 4.78 is 0. The predicted octanol–water partition coefficient (Wildman–Crippen LogP) is -1.69. The zero-order valence-corrected chi connectivity index (χ0v) is 26.5. The summed E-state index contributed by atoms with van der Waals surface area (Å²) in [6, 6.07) is -6.08. The molecule has 2 amide bonds. The Hall–Kier alpha value is -3.52. The normalized spacial score (nSPS) is 14.2. The zero-order chi connectivity index (χ0) is 34.7. The molecule has 0 heterocycles. The Bertz CT molecular complexity index is 1110. The second kappa shape index (κ2) is 22.1. The first-order valence-electron chi connectivity index (χ1n) is 13.8. The summed E-state index contributed by atoms with van der Waals surface area (Å²) in [4.78, 5) is 95.2. The fourth-order valence-corrected chi connectivity index (χ4v) is 4.41. The number of rotatable bonds is 27. The van der Waals surface area contributed by atoms with Gasteiger partial charge < -0.3 is 37.4 Å². The number of primary amides is 1. The lowest BCUT2D eigenvalue weighted by molar-refractivity contribution is -0.141. The van der Waals surface area contributed by atoms with E-state index < -0.39 is 102 Å². The summed E-state index contributed by atoms with van der Waals surface area (Å²) >= 11 is 5.26. The van der Waals surface area contributed by atoms with Crippen LogP contribution in [0.2, 0.25) is 0 Å². The lowest BCUT2D eigenvalue weighted by Gasteiger charge is -2.28. The van der Waals surface area contributed by atoms with Gasteiger partial charge in [-0.1, -0.05) is 6.58 Å². The SMILES string of the molecule is C=C(N[C@@H](CCC(N)=O)C(=O)S)[C@H](CCSC)NC(=O)[C@H](CCC(=O)O)NN[C@@H](CCC(=O)O)C(=O)C(=O)[C@@H](N)CCC(=O)O. The number of hydrazine groups is 1. The first-order valence-corrected chi connectivity index (χ1v) is 15.6. The lowest BCUT2D eigenvalue weighted by atomic mass is 9.97. The molecule has 11 N–H and O–H groups in total. The maximum absolute atomic E-state index is 13.4. The molecule has 17 nitrogen and oxygen atoms in total. The van der Waals surface area contributed by atoms with E-state index in [0.29, 0.717) is 12.2 Å². The second-order valence-electron chi connectivity index (χ2n) is 9.93. The predicted molar refractivity (Wildman–Crippen MR) is 166 cm³/mol. The first-order chi connectivity index (χ1) is 21.0. The van der Waals surface area contributed by atoms with Crippen molar-refractivity contribution < 1.29 is 53.7 Å². The molecule has 0 aliphatic rings. The van der Waals surface area contributed by atoms with Gasteiger partial charge >= 0.3 is 17.9 Å². The summed E-state index contributed by atoms with van der Waals surface area (Å²) in [5.41, 5.74) is 16.0. The number of nitrogens with one attached hydrogen (secondary N) is 4. The number of hydrogen-bond donors (Lipinski definition) is 10. The summed E-state index contributed by atoms with van der Waals surface area (Å²) in [6.07, 6.45) is -0.642. The molecule has 0 radical (unpaired) electrons. The average Bonchev–Trinajstić information content (AvgIpc) is 2.95. The summed E-state index contributed by atoms with van der Waals surface area (Å²) in [6.45, 7) is 3.89. The number of hydrogen-bond acceptors (Lipinski definition) is 13. The molecule has 0 rings (SSSR count). The van der Waals surface area contributed by atoms with Crippen LogP contribution in [0.1, 0.15) is 57.8 Å². The van der Waals surface area contributed by atoms with Gasteiger partial charge in [-0.2, -0.15) is 11.8 Å². The van der Waals surface area contributed by atoms with Crippen LogP contribution < -0.4 is 33.0 Å². The van der Waals surface area contributed by atoms with Crippen LogP contribution in [0.3, 0.4) is 0 Å². The standard InChI is InChI=1S/C26H42N6O11S2/c1-13(29-18(26(43)44)4-7-19(28)33)15(11-12-45-2)30-25(42)17(6-10-22(38)39)32-31-16(5-9-21(36)37)24(41)23(40)14(27)3-8-20(34)35/h14-18,29,31-32H,1,3-12,27H2,2H3,(H2,28,33)(H,30,42)(H,34,35)(H,36,37)(H,38,39)(H,43,44)/t14-,15-,16-,17-,18-/m0/s1. The van der Waals surface area contributed by atoms with Crippen LogP contribution in [0.5, 0.6) is 0 Å². The van der Waals surface area contributed by atoms with Crippen molar-refractivity contribution in [3.63, 3.8) is 0 Å². The van der Waals surface area contributed by atoms with E-state index in [9.17, 15) is 43.5 Å². The molecule has 0 fully saturated rings. The van der Waals surface area contributed by atoms with Crippen molar-refractivity contribution in [2.45, 2.75) is 88.0 Å². The van der Waals surface area contributed by atoms with Crippen LogP contribution in [0.15, 0.2) is 12.3 Å². The van der Waals surface area contributed by atoms with Gasteiger partial charge in [0.25, 0.3) is 0 Å². The number of ketones is 2. The first kappa shape index (κ1) is 41.5. The van der Waals surface area contributed by atoms with E-state index in [-0.39, 0.29) is 31.4 Å². The fraction of sp³-hybridized carbons (Fsp3) is 0.615. The molecular formula is C26H42N6O11S2. The van der Waals surface area contributed by atoms with Gasteiger partial charge in [0.1, 0.15) is 6.04 Å². The quantitative estimate of drug-likeness (QED) is 0.0263. The molecule has 254 valence electrons. The monoisotopic (exact) mass is 678 g/mol. The highest BCUT2D eigenvalue weighted by atomic mass is 32.2. The van der Waals surface area contributed by atoms with Crippen LogP contribution in [0.25, 0.3) is 0 Å². The van der Waals surface area contributed by atoms with Crippen LogP contribution in [-0.4, -0.2) is 104 Å². The van der Waals surface area contributed by atoms with E-state index in [1.54, 1.807) is 0 Å². The van der Waals surface area contributed by atoms with Gasteiger partial charge in [0.2, 0.25) is 28.5 Å². The van der Waals surface area contributed by atoms with Gasteiger partial charge in [-0.05, 0) is 44.1 Å². The Morgan fingerprint density at radius 3 is 1.69 bits per heavy atom. The number of amides is 2. The highest BCUT2D eigenvalue weighted by Crippen LogP contribution is 2.12. The van der Waals surface area contributed by atoms with Crippen molar-refractivity contribution in [3.05, 3.63) is 12.3 Å². The number of thioether (sulfide) groups is 1. The Labute approximate surface area is 269 Å². The molecule has 45 heavy (non-hydrogen) atoms. The van der Waals surface area contributed by atoms with Crippen molar-refractivity contribution in [1.29, 1.82) is 0 Å². The number of carboxylic acid groups (broad SMARTS) is 3. The van der Waals surface area contributed by atoms with E-state index in [0.717, 1.165) is 0 Å². The number of thiol groups is 1. The van der Waals surface area contributed by atoms with Crippen LogP contribution >= 0.6 is 24.4 Å². The van der Waals surface area contributed by atoms with E-state index in [4.69, 9.17) is 21.7 Å². The molecule has 0 aromatic heterocycles. The Morgan fingerprint density at radius 2 is 1.20 bits per heavy atom. The number of Topliss-reactive ketones (excluding diaryl/α,β-unsaturated/α-hetero) is 2. The third kappa shape index (κ3) is 18.1. The minimum Gasteiger partial charge on any atom is -0.481 e. The smallest absolute Gasteiger partial charge is 0.303 e. The summed E-state index contributed by atoms with van der Waals surface area (Å²) in [5.74, 6) is -6.99. The minimum absolute atomic E-state index is 0.0110. The largest absolute Gasteiger partial charge is 0.481 e. The summed E-state index contributed by atoms with van der Waals surface area (Å²) in [7, 11) is 0. The number of nitrogens with two attached hydrogens (primary N) is 2. The van der Waals surface area contributed by atoms with Crippen LogP contribution in [0, 0.1) is 0 Å². The topological polar surface area (TPSA) is 297 Å². The van der Waals surface area contributed by atoms with E-state index in [1.807, 2.05) is 6.26 Å². The van der Waals surface area contributed by atoms with Crippen LogP contribution in [0.4, 0.5) is 0 Å². The highest BCUT2D eigenvalue weighted by molar-refractivity contribution is 7.98. The maximum atomic E-state index is 13.4. The van der Waals surface area contributed by atoms with Crippen LogP contribution in [-0.2, 0) is 38.4 Å². The van der Waals surface area contributed by atoms with Gasteiger partial charge in [-0.25, -0.2) is 10.9 Å². The molecule has 0 aromatic carbocycles. The third-order valence-corrected chi connectivity index (χ3v) is 7.25. The molecule has 0 aliphatic heterocycles. The van der Waals surface area contributed by atoms with E-state index in [1.165, 1.54) is 11.8 Å². The molecule has 0 unspecified atom stereocenters. The molecule has 19 heteroatoms. The molecule has 0 aliphatic carbocycles. The molecule has 0 aromatic rings. The number of carbonyl (C=O) groups is 8. The van der Waals surface area contributed by atoms with E-state index in [2.05, 4.69) is 40.7 Å².